The summed E-state index contributed by atoms with van der Waals surface area (Å²) < 4.78 is 0.0774. The Labute approximate surface area is 115 Å². The van der Waals surface area contributed by atoms with E-state index in [1.54, 1.807) is 4.90 Å². The zero-order chi connectivity index (χ0) is 12.2. The summed E-state index contributed by atoms with van der Waals surface area (Å²) in [6.07, 6.45) is 3.24. The second-order valence-corrected chi connectivity index (χ2v) is 7.63. The minimum Gasteiger partial charge on any atom is -0.308 e. The highest BCUT2D eigenvalue weighted by Crippen LogP contribution is 2.40. The average Bonchev–Trinajstić information content (AvgIpc) is 2.44. The van der Waals surface area contributed by atoms with Gasteiger partial charge in [0.1, 0.15) is 6.67 Å². The van der Waals surface area contributed by atoms with Crippen LogP contribution in [-0.4, -0.2) is 31.7 Å². The third-order valence-electron chi connectivity index (χ3n) is 2.05. The van der Waals surface area contributed by atoms with Crippen LogP contribution in [0.2, 0.25) is 0 Å². The first-order valence-corrected chi connectivity index (χ1v) is 6.92. The number of hydrogen-bond acceptors (Lipinski definition) is 3. The summed E-state index contributed by atoms with van der Waals surface area (Å²) in [6.45, 7) is 3.28. The fraction of sp³-hybridized carbons (Fsp3) is 0.875. The minimum absolute atomic E-state index is 0.141. The smallest absolute Gasteiger partial charge is 0.308 e. The van der Waals surface area contributed by atoms with Crippen molar-refractivity contribution in [2.45, 2.75) is 29.3 Å². The van der Waals surface area contributed by atoms with Crippen molar-refractivity contribution < 1.29 is 4.79 Å². The van der Waals surface area contributed by atoms with Gasteiger partial charge in [0.25, 0.3) is 3.12 Å². The van der Waals surface area contributed by atoms with E-state index in [0.717, 1.165) is 37.8 Å². The molecule has 0 saturated carbocycles. The number of unbranched alkanes of at least 4 members (excludes halogenated alkanes) is 2. The molecule has 0 aromatic heterocycles. The largest absolute Gasteiger partial charge is 0.333 e. The molecule has 0 spiro atoms. The number of amides is 2. The second kappa shape index (κ2) is 6.40. The van der Waals surface area contributed by atoms with Gasteiger partial charge in [-0.3, -0.25) is 5.43 Å². The number of hydrazine groups is 1. The van der Waals surface area contributed by atoms with Gasteiger partial charge in [0.2, 0.25) is 0 Å². The Balaban J connectivity index is 2.33. The number of rotatable bonds is 5. The lowest BCUT2D eigenvalue weighted by atomic mass is 10.2. The van der Waals surface area contributed by atoms with E-state index in [1.807, 2.05) is 0 Å². The monoisotopic (exact) mass is 305 g/mol. The molecule has 1 aliphatic rings. The SMILES string of the molecule is CCCCCN1CN(SC(Cl)(Cl)Cl)NC1=O. The Hall–Kier alpha value is 0.450. The number of nitrogens with zero attached hydrogens (tertiary/aromatic N) is 2. The maximum atomic E-state index is 11.5. The molecule has 0 unspecified atom stereocenters. The summed E-state index contributed by atoms with van der Waals surface area (Å²) in [5, 5.41) is 0. The van der Waals surface area contributed by atoms with Crippen molar-refractivity contribution in [3.8, 4) is 0 Å². The summed E-state index contributed by atoms with van der Waals surface area (Å²) in [4.78, 5) is 13.2. The highest BCUT2D eigenvalue weighted by atomic mass is 35.6. The maximum absolute atomic E-state index is 11.5. The van der Waals surface area contributed by atoms with E-state index in [1.165, 1.54) is 4.41 Å². The number of carbonyl (C=O) groups excluding carboxylic acids is 1. The highest BCUT2D eigenvalue weighted by Gasteiger charge is 2.33. The highest BCUT2D eigenvalue weighted by molar-refractivity contribution is 8.02. The van der Waals surface area contributed by atoms with Gasteiger partial charge in [0, 0.05) is 18.5 Å². The van der Waals surface area contributed by atoms with Gasteiger partial charge in [0.15, 0.2) is 0 Å². The molecule has 0 aromatic carbocycles. The van der Waals surface area contributed by atoms with Gasteiger partial charge in [-0.1, -0.05) is 54.6 Å². The van der Waals surface area contributed by atoms with Crippen LogP contribution in [0.5, 0.6) is 0 Å². The van der Waals surface area contributed by atoms with Gasteiger partial charge >= 0.3 is 6.03 Å². The van der Waals surface area contributed by atoms with Gasteiger partial charge in [-0.25, -0.2) is 4.79 Å². The fourth-order valence-corrected chi connectivity index (χ4v) is 2.65. The molecular weight excluding hydrogens is 293 g/mol. The van der Waals surface area contributed by atoms with E-state index in [9.17, 15) is 4.79 Å². The van der Waals surface area contributed by atoms with Crippen molar-refractivity contribution in [2.24, 2.45) is 0 Å². The molecule has 0 aromatic rings. The quantitative estimate of drug-likeness (QED) is 0.481. The lowest BCUT2D eigenvalue weighted by molar-refractivity contribution is 0.216. The molecule has 0 bridgehead atoms. The van der Waals surface area contributed by atoms with Crippen LogP contribution in [0.3, 0.4) is 0 Å². The summed E-state index contributed by atoms with van der Waals surface area (Å²) in [5.74, 6) is 0. The Morgan fingerprint density at radius 2 is 2.12 bits per heavy atom. The Morgan fingerprint density at radius 1 is 1.44 bits per heavy atom. The third kappa shape index (κ3) is 5.19. The molecule has 0 radical (unpaired) electrons. The minimum atomic E-state index is -1.45. The number of carbonyl (C=O) groups is 1. The average molecular weight is 307 g/mol. The lowest BCUT2D eigenvalue weighted by Crippen LogP contribution is -2.30. The molecule has 1 fully saturated rings. The first-order valence-electron chi connectivity index (χ1n) is 5.01. The molecule has 1 heterocycles. The van der Waals surface area contributed by atoms with Crippen molar-refractivity contribution >= 4 is 52.8 Å². The van der Waals surface area contributed by atoms with E-state index in [-0.39, 0.29) is 6.03 Å². The number of hydrogen-bond donors (Lipinski definition) is 1. The first kappa shape index (κ1) is 14.5. The summed E-state index contributed by atoms with van der Waals surface area (Å²) in [5.41, 5.74) is 2.62. The molecule has 2 amide bonds. The van der Waals surface area contributed by atoms with Crippen molar-refractivity contribution in [1.82, 2.24) is 14.7 Å². The molecule has 94 valence electrons. The summed E-state index contributed by atoms with van der Waals surface area (Å²) >= 11 is 17.8. The van der Waals surface area contributed by atoms with Gasteiger partial charge < -0.3 is 4.90 Å². The van der Waals surface area contributed by atoms with Crippen LogP contribution in [0.15, 0.2) is 0 Å². The molecule has 16 heavy (non-hydrogen) atoms. The van der Waals surface area contributed by atoms with Gasteiger partial charge in [-0.15, -0.1) is 4.41 Å². The van der Waals surface area contributed by atoms with Crippen molar-refractivity contribution in [2.75, 3.05) is 13.2 Å². The molecule has 1 aliphatic heterocycles. The molecule has 8 heteroatoms. The van der Waals surface area contributed by atoms with Gasteiger partial charge in [0.05, 0.1) is 0 Å². The number of nitrogens with one attached hydrogen (secondary N) is 1. The fourth-order valence-electron chi connectivity index (χ4n) is 1.33. The molecular formula is C8H14Cl3N3OS. The molecule has 1 N–H and O–H groups in total. The van der Waals surface area contributed by atoms with E-state index in [4.69, 9.17) is 34.8 Å². The zero-order valence-electron chi connectivity index (χ0n) is 8.88. The van der Waals surface area contributed by atoms with Crippen LogP contribution >= 0.6 is 46.8 Å². The predicted octanol–water partition coefficient (Wildman–Crippen LogP) is 3.35. The van der Waals surface area contributed by atoms with Crippen LogP contribution in [0.25, 0.3) is 0 Å². The Kier molecular flexibility index (Phi) is 5.81. The number of alkyl halides is 3. The first-order chi connectivity index (χ1) is 7.42. The Bertz CT molecular complexity index is 249. The Morgan fingerprint density at radius 3 is 2.69 bits per heavy atom. The standard InChI is InChI=1S/C8H14Cl3N3OS/c1-2-3-4-5-13-6-14(12-7(13)15)16-8(9,10)11/h2-6H2,1H3,(H,12,15). The van der Waals surface area contributed by atoms with E-state index >= 15 is 0 Å². The van der Waals surface area contributed by atoms with Crippen molar-refractivity contribution in [3.05, 3.63) is 0 Å². The van der Waals surface area contributed by atoms with Crippen molar-refractivity contribution in [1.29, 1.82) is 0 Å². The molecule has 1 saturated heterocycles. The van der Waals surface area contributed by atoms with Crippen LogP contribution < -0.4 is 5.43 Å². The molecule has 4 nitrogen and oxygen atoms in total. The zero-order valence-corrected chi connectivity index (χ0v) is 12.0. The molecule has 1 rings (SSSR count). The molecule has 0 atom stereocenters. The van der Waals surface area contributed by atoms with E-state index < -0.39 is 3.12 Å². The van der Waals surface area contributed by atoms with Crippen LogP contribution in [0.1, 0.15) is 26.2 Å². The lowest BCUT2D eigenvalue weighted by Gasteiger charge is -2.18. The van der Waals surface area contributed by atoms with E-state index in [0.29, 0.717) is 6.67 Å². The third-order valence-corrected chi connectivity index (χ3v) is 3.31. The topological polar surface area (TPSA) is 35.6 Å². The van der Waals surface area contributed by atoms with Crippen LogP contribution in [-0.2, 0) is 0 Å². The second-order valence-electron chi connectivity index (χ2n) is 3.44. The molecule has 0 aliphatic carbocycles. The van der Waals surface area contributed by atoms with Crippen LogP contribution in [0, 0.1) is 0 Å². The van der Waals surface area contributed by atoms with Gasteiger partial charge in [-0.2, -0.15) is 0 Å². The predicted molar refractivity (Wildman–Crippen MR) is 69.3 cm³/mol. The summed E-state index contributed by atoms with van der Waals surface area (Å²) in [7, 11) is 0. The number of halogens is 3. The van der Waals surface area contributed by atoms with Crippen LogP contribution in [0.4, 0.5) is 4.79 Å². The normalized spacial score (nSPS) is 18.0. The van der Waals surface area contributed by atoms with Gasteiger partial charge in [-0.05, 0) is 6.42 Å². The van der Waals surface area contributed by atoms with E-state index in [2.05, 4.69) is 12.3 Å². The van der Waals surface area contributed by atoms with Crippen molar-refractivity contribution in [3.63, 3.8) is 0 Å². The maximum Gasteiger partial charge on any atom is 0.333 e. The summed E-state index contributed by atoms with van der Waals surface area (Å²) in [6, 6.07) is -0.141. The number of urea groups is 1.